The minimum absolute atomic E-state index is 0.0748. The second-order valence-electron chi connectivity index (χ2n) is 4.32. The third-order valence-electron chi connectivity index (χ3n) is 2.78. The van der Waals surface area contributed by atoms with Gasteiger partial charge < -0.3 is 14.8 Å². The molecular formula is C14H17NO2. The van der Waals surface area contributed by atoms with Crippen LogP contribution < -0.4 is 5.32 Å². The zero-order valence-corrected chi connectivity index (χ0v) is 10.3. The van der Waals surface area contributed by atoms with Gasteiger partial charge in [0, 0.05) is 11.8 Å². The van der Waals surface area contributed by atoms with E-state index < -0.39 is 0 Å². The van der Waals surface area contributed by atoms with Gasteiger partial charge in [-0.05, 0) is 44.5 Å². The molecule has 0 spiro atoms. The predicted molar refractivity (Wildman–Crippen MR) is 68.3 cm³/mol. The molecule has 17 heavy (non-hydrogen) atoms. The molecule has 2 rings (SSSR count). The Morgan fingerprint density at radius 1 is 1.18 bits per heavy atom. The first-order valence-corrected chi connectivity index (χ1v) is 5.69. The first-order valence-electron chi connectivity index (χ1n) is 5.69. The van der Waals surface area contributed by atoms with E-state index in [1.165, 1.54) is 0 Å². The smallest absolute Gasteiger partial charge is 0.126 e. The van der Waals surface area contributed by atoms with Crippen molar-refractivity contribution in [3.8, 4) is 5.75 Å². The Bertz CT molecular complexity index is 517. The molecule has 1 heterocycles. The Hall–Kier alpha value is -1.90. The van der Waals surface area contributed by atoms with Crippen molar-refractivity contribution >= 4 is 5.69 Å². The highest BCUT2D eigenvalue weighted by molar-refractivity contribution is 5.51. The topological polar surface area (TPSA) is 45.4 Å². The van der Waals surface area contributed by atoms with Gasteiger partial charge in [0.25, 0.3) is 0 Å². The second-order valence-corrected chi connectivity index (χ2v) is 4.32. The number of benzene rings is 1. The molecule has 1 unspecified atom stereocenters. The molecule has 0 aliphatic rings. The van der Waals surface area contributed by atoms with E-state index in [4.69, 9.17) is 4.42 Å². The fourth-order valence-corrected chi connectivity index (χ4v) is 1.71. The Kier molecular flexibility index (Phi) is 3.09. The number of hydrogen-bond donors (Lipinski definition) is 2. The van der Waals surface area contributed by atoms with Crippen molar-refractivity contribution in [1.82, 2.24) is 0 Å². The van der Waals surface area contributed by atoms with Crippen LogP contribution >= 0.6 is 0 Å². The van der Waals surface area contributed by atoms with Gasteiger partial charge >= 0.3 is 0 Å². The quantitative estimate of drug-likeness (QED) is 0.845. The molecule has 0 aliphatic carbocycles. The van der Waals surface area contributed by atoms with Gasteiger partial charge in [-0.15, -0.1) is 0 Å². The van der Waals surface area contributed by atoms with Crippen molar-refractivity contribution in [2.45, 2.75) is 26.8 Å². The number of rotatable bonds is 3. The molecule has 0 saturated heterocycles. The normalized spacial score (nSPS) is 12.4. The minimum atomic E-state index is 0.0748. The molecule has 1 atom stereocenters. The maximum atomic E-state index is 9.62. The molecule has 0 amide bonds. The SMILES string of the molecule is Cc1ccc(C(C)Nc2ccc(C)c(O)c2)o1. The summed E-state index contributed by atoms with van der Waals surface area (Å²) >= 11 is 0. The first kappa shape index (κ1) is 11.6. The van der Waals surface area contributed by atoms with Crippen molar-refractivity contribution in [1.29, 1.82) is 0 Å². The molecule has 2 aromatic rings. The fourth-order valence-electron chi connectivity index (χ4n) is 1.71. The summed E-state index contributed by atoms with van der Waals surface area (Å²) in [6.45, 7) is 5.82. The molecule has 0 aliphatic heterocycles. The van der Waals surface area contributed by atoms with Crippen LogP contribution in [-0.4, -0.2) is 5.11 Å². The van der Waals surface area contributed by atoms with Crippen LogP contribution in [0.5, 0.6) is 5.75 Å². The zero-order valence-electron chi connectivity index (χ0n) is 10.3. The lowest BCUT2D eigenvalue weighted by Crippen LogP contribution is -2.05. The Balaban J connectivity index is 2.12. The van der Waals surface area contributed by atoms with E-state index in [0.29, 0.717) is 5.75 Å². The number of nitrogens with one attached hydrogen (secondary N) is 1. The highest BCUT2D eigenvalue weighted by Crippen LogP contribution is 2.25. The molecule has 3 heteroatoms. The molecule has 1 aromatic carbocycles. The fraction of sp³-hybridized carbons (Fsp3) is 0.286. The molecular weight excluding hydrogens is 214 g/mol. The van der Waals surface area contributed by atoms with Gasteiger partial charge in [-0.3, -0.25) is 0 Å². The summed E-state index contributed by atoms with van der Waals surface area (Å²) < 4.78 is 5.55. The van der Waals surface area contributed by atoms with Crippen LogP contribution in [0.4, 0.5) is 5.69 Å². The van der Waals surface area contributed by atoms with E-state index in [1.807, 2.05) is 45.0 Å². The number of phenols is 1. The van der Waals surface area contributed by atoms with Gasteiger partial charge in [-0.2, -0.15) is 0 Å². The molecule has 0 fully saturated rings. The summed E-state index contributed by atoms with van der Waals surface area (Å²) in [5.41, 5.74) is 1.76. The third-order valence-corrected chi connectivity index (χ3v) is 2.78. The Morgan fingerprint density at radius 2 is 1.94 bits per heavy atom. The average molecular weight is 231 g/mol. The monoisotopic (exact) mass is 231 g/mol. The Labute approximate surface area is 101 Å². The van der Waals surface area contributed by atoms with E-state index in [1.54, 1.807) is 6.07 Å². The summed E-state index contributed by atoms with van der Waals surface area (Å²) in [6, 6.07) is 9.54. The number of anilines is 1. The molecule has 3 nitrogen and oxygen atoms in total. The zero-order chi connectivity index (χ0) is 12.4. The van der Waals surface area contributed by atoms with Crippen LogP contribution in [0, 0.1) is 13.8 Å². The van der Waals surface area contributed by atoms with Gasteiger partial charge in [0.2, 0.25) is 0 Å². The van der Waals surface area contributed by atoms with E-state index in [0.717, 1.165) is 22.8 Å². The number of furan rings is 1. The van der Waals surface area contributed by atoms with Crippen LogP contribution in [0.25, 0.3) is 0 Å². The Morgan fingerprint density at radius 3 is 2.53 bits per heavy atom. The molecule has 0 radical (unpaired) electrons. The first-order chi connectivity index (χ1) is 8.06. The number of hydrogen-bond acceptors (Lipinski definition) is 3. The summed E-state index contributed by atoms with van der Waals surface area (Å²) in [5, 5.41) is 12.9. The summed E-state index contributed by atoms with van der Waals surface area (Å²) in [6.07, 6.45) is 0. The largest absolute Gasteiger partial charge is 0.508 e. The molecule has 0 saturated carbocycles. The molecule has 0 bridgehead atoms. The minimum Gasteiger partial charge on any atom is -0.508 e. The maximum absolute atomic E-state index is 9.62. The van der Waals surface area contributed by atoms with Crippen LogP contribution in [0.1, 0.15) is 30.0 Å². The third kappa shape index (κ3) is 2.61. The highest BCUT2D eigenvalue weighted by Gasteiger charge is 2.09. The van der Waals surface area contributed by atoms with Crippen molar-refractivity contribution in [3.05, 3.63) is 47.4 Å². The average Bonchev–Trinajstić information content (AvgIpc) is 2.70. The highest BCUT2D eigenvalue weighted by atomic mass is 16.3. The second kappa shape index (κ2) is 4.53. The molecule has 2 N–H and O–H groups in total. The van der Waals surface area contributed by atoms with Gasteiger partial charge in [-0.25, -0.2) is 0 Å². The van der Waals surface area contributed by atoms with E-state index in [2.05, 4.69) is 5.32 Å². The van der Waals surface area contributed by atoms with Gasteiger partial charge in [0.05, 0.1) is 6.04 Å². The maximum Gasteiger partial charge on any atom is 0.126 e. The van der Waals surface area contributed by atoms with Crippen molar-refractivity contribution in [2.75, 3.05) is 5.32 Å². The van der Waals surface area contributed by atoms with Crippen LogP contribution in [0.3, 0.4) is 0 Å². The van der Waals surface area contributed by atoms with Gasteiger partial charge in [0.1, 0.15) is 17.3 Å². The van der Waals surface area contributed by atoms with Crippen molar-refractivity contribution < 1.29 is 9.52 Å². The van der Waals surface area contributed by atoms with E-state index in [-0.39, 0.29) is 6.04 Å². The number of phenolic OH excluding ortho intramolecular Hbond substituents is 1. The van der Waals surface area contributed by atoms with Crippen LogP contribution in [0.2, 0.25) is 0 Å². The number of aryl methyl sites for hydroxylation is 2. The van der Waals surface area contributed by atoms with Crippen molar-refractivity contribution in [3.63, 3.8) is 0 Å². The van der Waals surface area contributed by atoms with E-state index in [9.17, 15) is 5.11 Å². The predicted octanol–water partition coefficient (Wildman–Crippen LogP) is 3.78. The lowest BCUT2D eigenvalue weighted by molar-refractivity contribution is 0.465. The lowest BCUT2D eigenvalue weighted by atomic mass is 10.2. The van der Waals surface area contributed by atoms with Crippen LogP contribution in [0.15, 0.2) is 34.7 Å². The summed E-state index contributed by atoms with van der Waals surface area (Å²) in [7, 11) is 0. The molecule has 1 aromatic heterocycles. The van der Waals surface area contributed by atoms with Crippen molar-refractivity contribution in [2.24, 2.45) is 0 Å². The summed E-state index contributed by atoms with van der Waals surface area (Å²) in [5.74, 6) is 2.10. The lowest BCUT2D eigenvalue weighted by Gasteiger charge is -2.13. The van der Waals surface area contributed by atoms with Gasteiger partial charge in [0.15, 0.2) is 0 Å². The van der Waals surface area contributed by atoms with E-state index >= 15 is 0 Å². The number of aromatic hydroxyl groups is 1. The van der Waals surface area contributed by atoms with Gasteiger partial charge in [-0.1, -0.05) is 6.07 Å². The molecule has 90 valence electrons. The van der Waals surface area contributed by atoms with Crippen LogP contribution in [-0.2, 0) is 0 Å². The standard InChI is InChI=1S/C14H17NO2/c1-9-4-6-12(8-13(9)16)15-11(3)14-7-5-10(2)17-14/h4-8,11,15-16H,1-3H3. The summed E-state index contributed by atoms with van der Waals surface area (Å²) in [4.78, 5) is 0.